The normalized spacial score (nSPS) is 11.5. The molecule has 0 spiro atoms. The lowest BCUT2D eigenvalue weighted by molar-refractivity contribution is 0.284. The number of pyridine rings is 1. The molecular formula is C10H15NO3S. The highest BCUT2D eigenvalue weighted by Gasteiger charge is 2.14. The van der Waals surface area contributed by atoms with Crippen molar-refractivity contribution < 1.29 is 13.5 Å². The summed E-state index contributed by atoms with van der Waals surface area (Å²) in [4.78, 5) is 3.81. The van der Waals surface area contributed by atoms with Gasteiger partial charge in [0.15, 0.2) is 14.9 Å². The van der Waals surface area contributed by atoms with Crippen molar-refractivity contribution in [2.24, 2.45) is 0 Å². The molecule has 0 aromatic carbocycles. The predicted molar refractivity (Wildman–Crippen MR) is 57.2 cm³/mol. The molecule has 1 aromatic rings. The Morgan fingerprint density at radius 1 is 1.20 bits per heavy atom. The Labute approximate surface area is 89.9 Å². The first-order valence-corrected chi connectivity index (χ1v) is 6.57. The Hall–Kier alpha value is -0.940. The van der Waals surface area contributed by atoms with E-state index in [1.165, 1.54) is 12.3 Å². The number of nitrogens with zero attached hydrogens (tertiary/aromatic N) is 1. The molecule has 1 heterocycles. The molecule has 0 aliphatic rings. The third-order valence-electron chi connectivity index (χ3n) is 2.03. The second-order valence-corrected chi connectivity index (χ2v) is 5.33. The minimum atomic E-state index is -3.23. The number of rotatable bonds is 6. The summed E-state index contributed by atoms with van der Waals surface area (Å²) in [6.45, 7) is 0.115. The molecule has 0 amide bonds. The van der Waals surface area contributed by atoms with Crippen molar-refractivity contribution in [1.29, 1.82) is 0 Å². The summed E-state index contributed by atoms with van der Waals surface area (Å²) in [5.41, 5.74) is 0. The number of aromatic nitrogens is 1. The molecule has 4 nitrogen and oxygen atoms in total. The number of hydrogen-bond donors (Lipinski definition) is 1. The van der Waals surface area contributed by atoms with Crippen LogP contribution in [0.5, 0.6) is 0 Å². The Morgan fingerprint density at radius 2 is 2.00 bits per heavy atom. The first-order valence-electron chi connectivity index (χ1n) is 4.91. The molecule has 1 rings (SSSR count). The van der Waals surface area contributed by atoms with Crippen LogP contribution in [-0.4, -0.2) is 30.9 Å². The highest BCUT2D eigenvalue weighted by Crippen LogP contribution is 2.09. The molecule has 0 aliphatic carbocycles. The monoisotopic (exact) mass is 229 g/mol. The first kappa shape index (κ1) is 12.1. The first-order chi connectivity index (χ1) is 7.17. The maximum Gasteiger partial charge on any atom is 0.195 e. The zero-order valence-corrected chi connectivity index (χ0v) is 9.28. The van der Waals surface area contributed by atoms with E-state index < -0.39 is 9.84 Å². The summed E-state index contributed by atoms with van der Waals surface area (Å²) in [7, 11) is -3.23. The molecule has 1 N–H and O–H groups in total. The highest BCUT2D eigenvalue weighted by atomic mass is 32.2. The molecule has 5 heteroatoms. The quantitative estimate of drug-likeness (QED) is 0.739. The van der Waals surface area contributed by atoms with Crippen LogP contribution in [0.3, 0.4) is 0 Å². The van der Waals surface area contributed by atoms with Crippen molar-refractivity contribution in [1.82, 2.24) is 4.98 Å². The van der Waals surface area contributed by atoms with E-state index in [0.717, 1.165) is 6.42 Å². The standard InChI is InChI=1S/C10H15NO3S/c12-8-4-1-5-9-15(13,14)10-6-2-3-7-11-10/h2-3,6-7,12H,1,4-5,8-9H2. The van der Waals surface area contributed by atoms with Gasteiger partial charge in [-0.25, -0.2) is 13.4 Å². The van der Waals surface area contributed by atoms with Crippen LogP contribution in [0, 0.1) is 0 Å². The summed E-state index contributed by atoms with van der Waals surface area (Å²) in [6.07, 6.45) is 3.42. The van der Waals surface area contributed by atoms with E-state index in [-0.39, 0.29) is 17.4 Å². The summed E-state index contributed by atoms with van der Waals surface area (Å²) < 4.78 is 23.3. The molecule has 15 heavy (non-hydrogen) atoms. The predicted octanol–water partition coefficient (Wildman–Crippen LogP) is 1.02. The maximum atomic E-state index is 11.7. The Kier molecular flexibility index (Phi) is 4.71. The second kappa shape index (κ2) is 5.82. The largest absolute Gasteiger partial charge is 0.396 e. The number of aliphatic hydroxyl groups excluding tert-OH is 1. The van der Waals surface area contributed by atoms with E-state index in [9.17, 15) is 8.42 Å². The Bertz CT molecular complexity index is 375. The van der Waals surface area contributed by atoms with Gasteiger partial charge < -0.3 is 5.11 Å². The van der Waals surface area contributed by atoms with Crippen molar-refractivity contribution in [2.75, 3.05) is 12.4 Å². The zero-order valence-electron chi connectivity index (χ0n) is 8.46. The molecule has 0 aliphatic heterocycles. The maximum absolute atomic E-state index is 11.7. The smallest absolute Gasteiger partial charge is 0.195 e. The Morgan fingerprint density at radius 3 is 2.60 bits per heavy atom. The topological polar surface area (TPSA) is 67.3 Å². The van der Waals surface area contributed by atoms with Gasteiger partial charge in [0.25, 0.3) is 0 Å². The third-order valence-corrected chi connectivity index (χ3v) is 3.73. The van der Waals surface area contributed by atoms with Gasteiger partial charge >= 0.3 is 0 Å². The SMILES string of the molecule is O=S(=O)(CCCCCO)c1ccccn1. The molecule has 84 valence electrons. The fourth-order valence-electron chi connectivity index (χ4n) is 1.22. The van der Waals surface area contributed by atoms with Gasteiger partial charge in [-0.3, -0.25) is 0 Å². The van der Waals surface area contributed by atoms with E-state index in [1.807, 2.05) is 0 Å². The summed E-state index contributed by atoms with van der Waals surface area (Å²) in [5.74, 6) is 0.101. The van der Waals surface area contributed by atoms with Crippen LogP contribution >= 0.6 is 0 Å². The Balaban J connectivity index is 2.53. The fraction of sp³-hybridized carbons (Fsp3) is 0.500. The molecule has 0 fully saturated rings. The number of hydrogen-bond acceptors (Lipinski definition) is 4. The van der Waals surface area contributed by atoms with Crippen LogP contribution in [0.25, 0.3) is 0 Å². The van der Waals surface area contributed by atoms with Gasteiger partial charge in [0, 0.05) is 12.8 Å². The van der Waals surface area contributed by atoms with Gasteiger partial charge in [-0.1, -0.05) is 12.5 Å². The minimum Gasteiger partial charge on any atom is -0.396 e. The summed E-state index contributed by atoms with van der Waals surface area (Å²) in [5, 5.41) is 8.68. The van der Waals surface area contributed by atoms with Gasteiger partial charge in [0.2, 0.25) is 0 Å². The molecule has 0 radical (unpaired) electrons. The molecule has 0 bridgehead atoms. The second-order valence-electron chi connectivity index (χ2n) is 3.27. The lowest BCUT2D eigenvalue weighted by atomic mass is 10.3. The number of sulfone groups is 1. The summed E-state index contributed by atoms with van der Waals surface area (Å²) >= 11 is 0. The van der Waals surface area contributed by atoms with E-state index in [1.54, 1.807) is 12.1 Å². The average molecular weight is 229 g/mol. The molecule has 0 saturated carbocycles. The summed E-state index contributed by atoms with van der Waals surface area (Å²) in [6, 6.07) is 4.85. The fourth-order valence-corrected chi connectivity index (χ4v) is 2.52. The highest BCUT2D eigenvalue weighted by molar-refractivity contribution is 7.91. The van der Waals surface area contributed by atoms with Crippen molar-refractivity contribution in [3.05, 3.63) is 24.4 Å². The van der Waals surface area contributed by atoms with Crippen LogP contribution in [-0.2, 0) is 9.84 Å². The van der Waals surface area contributed by atoms with Crippen LogP contribution in [0.15, 0.2) is 29.4 Å². The molecule has 0 unspecified atom stereocenters. The van der Waals surface area contributed by atoms with Gasteiger partial charge in [0.1, 0.15) is 0 Å². The number of unbranched alkanes of at least 4 members (excludes halogenated alkanes) is 2. The third kappa shape index (κ3) is 3.97. The van der Waals surface area contributed by atoms with Crippen LogP contribution < -0.4 is 0 Å². The van der Waals surface area contributed by atoms with Crippen molar-refractivity contribution in [2.45, 2.75) is 24.3 Å². The molecular weight excluding hydrogens is 214 g/mol. The number of aliphatic hydroxyl groups is 1. The van der Waals surface area contributed by atoms with Crippen molar-refractivity contribution in [3.8, 4) is 0 Å². The van der Waals surface area contributed by atoms with Crippen molar-refractivity contribution >= 4 is 9.84 Å². The van der Waals surface area contributed by atoms with E-state index >= 15 is 0 Å². The zero-order chi connectivity index (χ0) is 11.1. The van der Waals surface area contributed by atoms with Crippen LogP contribution in [0.4, 0.5) is 0 Å². The average Bonchev–Trinajstić information content (AvgIpc) is 2.26. The lowest BCUT2D eigenvalue weighted by Gasteiger charge is -2.02. The van der Waals surface area contributed by atoms with E-state index in [4.69, 9.17) is 5.11 Å². The molecule has 0 atom stereocenters. The van der Waals surface area contributed by atoms with Gasteiger partial charge in [-0.2, -0.15) is 0 Å². The van der Waals surface area contributed by atoms with E-state index in [2.05, 4.69) is 4.98 Å². The van der Waals surface area contributed by atoms with E-state index in [0.29, 0.717) is 12.8 Å². The van der Waals surface area contributed by atoms with Gasteiger partial charge in [-0.05, 0) is 25.0 Å². The van der Waals surface area contributed by atoms with Crippen LogP contribution in [0.1, 0.15) is 19.3 Å². The van der Waals surface area contributed by atoms with Gasteiger partial charge in [-0.15, -0.1) is 0 Å². The molecule has 0 saturated heterocycles. The van der Waals surface area contributed by atoms with Crippen molar-refractivity contribution in [3.63, 3.8) is 0 Å². The minimum absolute atomic E-state index is 0.101. The van der Waals surface area contributed by atoms with Crippen LogP contribution in [0.2, 0.25) is 0 Å². The lowest BCUT2D eigenvalue weighted by Crippen LogP contribution is -2.08. The molecule has 1 aromatic heterocycles. The van der Waals surface area contributed by atoms with Gasteiger partial charge in [0.05, 0.1) is 5.75 Å².